The van der Waals surface area contributed by atoms with Gasteiger partial charge in [-0.3, -0.25) is 38.4 Å². The van der Waals surface area contributed by atoms with E-state index in [1.165, 1.54) is 30.9 Å². The summed E-state index contributed by atoms with van der Waals surface area (Å²) in [7, 11) is 0. The first-order valence-corrected chi connectivity index (χ1v) is 21.6. The van der Waals surface area contributed by atoms with Crippen molar-refractivity contribution in [3.8, 4) is 5.75 Å². The van der Waals surface area contributed by atoms with Crippen molar-refractivity contribution in [3.63, 3.8) is 0 Å². The first-order valence-electron chi connectivity index (χ1n) is 21.6. The van der Waals surface area contributed by atoms with E-state index in [1.54, 1.807) is 32.9 Å². The van der Waals surface area contributed by atoms with Gasteiger partial charge in [-0.05, 0) is 75.0 Å². The van der Waals surface area contributed by atoms with Crippen LogP contribution in [0.4, 0.5) is 0 Å². The van der Waals surface area contributed by atoms with Gasteiger partial charge in [0.1, 0.15) is 48.0 Å². The molecule has 1 aromatic rings. The Kier molecular flexibility index (Phi) is 21.5. The molecule has 1 aromatic carbocycles. The number of carbonyl (C=O) groups is 9. The van der Waals surface area contributed by atoms with Crippen LogP contribution in [0.2, 0.25) is 0 Å². The number of rotatable bonds is 25. The van der Waals surface area contributed by atoms with Crippen LogP contribution in [0.25, 0.3) is 0 Å². The molecule has 10 atom stereocenters. The number of nitrogens with one attached hydrogen (secondary N) is 6. The van der Waals surface area contributed by atoms with E-state index in [0.29, 0.717) is 31.2 Å². The van der Waals surface area contributed by atoms with Gasteiger partial charge in [0.25, 0.3) is 0 Å². The quantitative estimate of drug-likeness (QED) is 0.0632. The van der Waals surface area contributed by atoms with Crippen LogP contribution in [0.1, 0.15) is 106 Å². The number of carboxylic acids is 2. The summed E-state index contributed by atoms with van der Waals surface area (Å²) < 4.78 is 0. The SMILES string of the molecule is CC[C@H](C)[C@H](NC(=O)[C@@H](N)CCC(=O)O)C(=O)N[C@@H](Cc1ccc(O)cc1)C(=O)N[C@@H](CC(C)C)C(=O)N[C@@H](C)C(=O)N[C@@H](C)C(=O)N[C@H](C(=O)N1CCC[C@H]1C(=O)O)[C@@H](C)CC. The Bertz CT molecular complexity index is 1780. The normalized spacial score (nSPS) is 17.9. The number of nitrogens with two attached hydrogens (primary N) is 1. The molecule has 1 saturated heterocycles. The summed E-state index contributed by atoms with van der Waals surface area (Å²) in [5, 5.41) is 44.2. The van der Waals surface area contributed by atoms with Crippen molar-refractivity contribution in [2.75, 3.05) is 6.54 Å². The second-order valence-electron chi connectivity index (χ2n) is 16.9. The number of hydrogen-bond donors (Lipinski definition) is 10. The molecule has 352 valence electrons. The van der Waals surface area contributed by atoms with Crippen molar-refractivity contribution in [2.45, 2.75) is 155 Å². The lowest BCUT2D eigenvalue weighted by Gasteiger charge is -2.31. The van der Waals surface area contributed by atoms with Gasteiger partial charge < -0.3 is 57.9 Å². The van der Waals surface area contributed by atoms with Crippen LogP contribution in [-0.2, 0) is 49.6 Å². The molecule has 0 bridgehead atoms. The summed E-state index contributed by atoms with van der Waals surface area (Å²) in [6, 6.07) is -3.49. The fraction of sp³-hybridized carbons (Fsp3) is 0.651. The second kappa shape index (κ2) is 25.4. The average Bonchev–Trinajstić information content (AvgIpc) is 3.73. The predicted molar refractivity (Wildman–Crippen MR) is 230 cm³/mol. The number of aromatic hydroxyl groups is 1. The molecule has 0 saturated carbocycles. The van der Waals surface area contributed by atoms with Gasteiger partial charge in [0.2, 0.25) is 41.4 Å². The molecule has 0 radical (unpaired) electrons. The highest BCUT2D eigenvalue weighted by Crippen LogP contribution is 2.22. The van der Waals surface area contributed by atoms with Crippen LogP contribution in [0, 0.1) is 17.8 Å². The number of aliphatic carboxylic acids is 2. The minimum atomic E-state index is -1.32. The maximum Gasteiger partial charge on any atom is 0.326 e. The highest BCUT2D eigenvalue weighted by molar-refractivity contribution is 5.97. The summed E-state index contributed by atoms with van der Waals surface area (Å²) in [6.45, 7) is 13.7. The van der Waals surface area contributed by atoms with Crippen molar-refractivity contribution in [3.05, 3.63) is 29.8 Å². The molecule has 1 aliphatic heterocycles. The lowest BCUT2D eigenvalue weighted by molar-refractivity contribution is -0.150. The largest absolute Gasteiger partial charge is 0.508 e. The van der Waals surface area contributed by atoms with Crippen LogP contribution in [-0.4, -0.2) is 128 Å². The first kappa shape index (κ1) is 53.3. The van der Waals surface area contributed by atoms with E-state index in [0.717, 1.165) is 0 Å². The summed E-state index contributed by atoms with van der Waals surface area (Å²) >= 11 is 0. The second-order valence-corrected chi connectivity index (χ2v) is 16.9. The molecule has 20 nitrogen and oxygen atoms in total. The number of benzene rings is 1. The maximum absolute atomic E-state index is 14.1. The molecule has 63 heavy (non-hydrogen) atoms. The van der Waals surface area contributed by atoms with E-state index in [9.17, 15) is 53.4 Å². The summed E-state index contributed by atoms with van der Waals surface area (Å²) in [5.74, 6) is -8.27. The molecule has 7 amide bonds. The molecule has 0 aliphatic carbocycles. The van der Waals surface area contributed by atoms with Crippen LogP contribution in [0.15, 0.2) is 24.3 Å². The number of phenols is 1. The van der Waals surface area contributed by atoms with Gasteiger partial charge in [-0.1, -0.05) is 66.5 Å². The zero-order valence-electron chi connectivity index (χ0n) is 37.6. The van der Waals surface area contributed by atoms with Gasteiger partial charge in [-0.25, -0.2) is 4.79 Å². The van der Waals surface area contributed by atoms with E-state index >= 15 is 0 Å². The van der Waals surface area contributed by atoms with E-state index in [2.05, 4.69) is 31.9 Å². The molecule has 20 heteroatoms. The van der Waals surface area contributed by atoms with Crippen molar-refractivity contribution < 1.29 is 58.5 Å². The Balaban J connectivity index is 2.24. The zero-order chi connectivity index (χ0) is 47.7. The van der Waals surface area contributed by atoms with Gasteiger partial charge in [0, 0.05) is 19.4 Å². The van der Waals surface area contributed by atoms with E-state index < -0.39 is 108 Å². The highest BCUT2D eigenvalue weighted by atomic mass is 16.4. The number of carboxylic acid groups (broad SMARTS) is 2. The third-order valence-corrected chi connectivity index (χ3v) is 11.3. The fourth-order valence-corrected chi connectivity index (χ4v) is 6.90. The van der Waals surface area contributed by atoms with Crippen LogP contribution in [0.3, 0.4) is 0 Å². The molecule has 0 unspecified atom stereocenters. The minimum Gasteiger partial charge on any atom is -0.508 e. The Labute approximate surface area is 368 Å². The maximum atomic E-state index is 14.1. The van der Waals surface area contributed by atoms with E-state index in [4.69, 9.17) is 10.8 Å². The summed E-state index contributed by atoms with van der Waals surface area (Å²) in [6.07, 6.45) is 1.19. The van der Waals surface area contributed by atoms with E-state index in [-0.39, 0.29) is 49.8 Å². The molecule has 2 rings (SSSR count). The van der Waals surface area contributed by atoms with Crippen LogP contribution >= 0.6 is 0 Å². The smallest absolute Gasteiger partial charge is 0.326 e. The molecule has 1 aliphatic rings. The number of nitrogens with zero attached hydrogens (tertiary/aromatic N) is 1. The molecule has 1 heterocycles. The highest BCUT2D eigenvalue weighted by Gasteiger charge is 2.40. The summed E-state index contributed by atoms with van der Waals surface area (Å²) in [5.41, 5.74) is 6.43. The minimum absolute atomic E-state index is 0.0389. The van der Waals surface area contributed by atoms with Gasteiger partial charge in [0.15, 0.2) is 0 Å². The number of amides is 7. The summed E-state index contributed by atoms with van der Waals surface area (Å²) in [4.78, 5) is 119. The standard InChI is InChI=1S/C43H68N8O12/c1-9-23(5)34(49-38(57)29(44)17-18-33(53)54)41(60)48-31(21-27-13-15-28(52)16-14-27)40(59)47-30(20-22(3)4)39(58)46-25(7)36(55)45-26(8)37(56)50-35(24(6)10-2)42(61)51-19-11-12-32(51)43(62)63/h13-16,22-26,29-32,34-35,52H,9-12,17-21,44H2,1-8H3,(H,45,55)(H,46,58)(H,47,59)(H,48,60)(H,49,57)(H,50,56)(H,53,54)(H,62,63)/t23-,24-,25-,26-,29-,30-,31-,32-,34-,35-/m0/s1. The van der Waals surface area contributed by atoms with Gasteiger partial charge >= 0.3 is 11.9 Å². The van der Waals surface area contributed by atoms with Crippen LogP contribution < -0.4 is 37.6 Å². The number of carbonyl (C=O) groups excluding carboxylic acids is 7. The Morgan fingerprint density at radius 2 is 1.19 bits per heavy atom. The van der Waals surface area contributed by atoms with E-state index in [1.807, 2.05) is 20.8 Å². The molecular formula is C43H68N8O12. The zero-order valence-corrected chi connectivity index (χ0v) is 37.6. The Morgan fingerprint density at radius 3 is 1.73 bits per heavy atom. The Hall–Kier alpha value is -5.79. The molecule has 0 aromatic heterocycles. The van der Waals surface area contributed by atoms with Crippen LogP contribution in [0.5, 0.6) is 5.75 Å². The van der Waals surface area contributed by atoms with Crippen molar-refractivity contribution in [2.24, 2.45) is 23.5 Å². The predicted octanol–water partition coefficient (Wildman–Crippen LogP) is 0.289. The topological polar surface area (TPSA) is 316 Å². The molecular weight excluding hydrogens is 821 g/mol. The van der Waals surface area contributed by atoms with Crippen molar-refractivity contribution >= 4 is 53.3 Å². The van der Waals surface area contributed by atoms with Gasteiger partial charge in [-0.2, -0.15) is 0 Å². The van der Waals surface area contributed by atoms with Gasteiger partial charge in [-0.15, -0.1) is 0 Å². The lowest BCUT2D eigenvalue weighted by atomic mass is 9.96. The Morgan fingerprint density at radius 1 is 0.683 bits per heavy atom. The first-order chi connectivity index (χ1) is 29.5. The monoisotopic (exact) mass is 888 g/mol. The third kappa shape index (κ3) is 16.8. The molecule has 11 N–H and O–H groups in total. The molecule has 0 spiro atoms. The average molecular weight is 889 g/mol. The lowest BCUT2D eigenvalue weighted by Crippen LogP contribution is -2.60. The number of hydrogen-bond acceptors (Lipinski definition) is 11. The van der Waals surface area contributed by atoms with Gasteiger partial charge in [0.05, 0.1) is 6.04 Å². The number of phenolic OH excluding ortho intramolecular Hbond substituents is 1. The molecule has 1 fully saturated rings. The van der Waals surface area contributed by atoms with Crippen molar-refractivity contribution in [1.82, 2.24) is 36.8 Å². The third-order valence-electron chi connectivity index (χ3n) is 11.3. The number of likely N-dealkylation sites (tertiary alicyclic amines) is 1. The van der Waals surface area contributed by atoms with Crippen molar-refractivity contribution in [1.29, 1.82) is 0 Å². The fourth-order valence-electron chi connectivity index (χ4n) is 6.90.